The molecule has 0 saturated heterocycles. The van der Waals surface area contributed by atoms with Gasteiger partial charge >= 0.3 is 23.9 Å². The minimum Gasteiger partial charge on any atom is -0.481 e. The molecule has 0 atom stereocenters. The van der Waals surface area contributed by atoms with Crippen molar-refractivity contribution in [2.75, 3.05) is 0 Å². The van der Waals surface area contributed by atoms with Crippen molar-refractivity contribution in [1.82, 2.24) is 0 Å². The summed E-state index contributed by atoms with van der Waals surface area (Å²) in [6.45, 7) is 12.5. The van der Waals surface area contributed by atoms with Crippen molar-refractivity contribution in [1.29, 1.82) is 0 Å². The second-order valence-electron chi connectivity index (χ2n) is 13.0. The van der Waals surface area contributed by atoms with Crippen LogP contribution in [0.25, 0.3) is 10.8 Å². The average Bonchev–Trinajstić information content (AvgIpc) is 3.02. The highest BCUT2D eigenvalue weighted by Gasteiger charge is 2.22. The van der Waals surface area contributed by atoms with Crippen LogP contribution < -0.4 is 9.47 Å². The van der Waals surface area contributed by atoms with E-state index in [9.17, 15) is 19.2 Å². The summed E-state index contributed by atoms with van der Waals surface area (Å²) in [7, 11) is 0. The highest BCUT2D eigenvalue weighted by atomic mass is 16.5. The van der Waals surface area contributed by atoms with Crippen LogP contribution in [-0.2, 0) is 25.6 Å². The van der Waals surface area contributed by atoms with E-state index in [0.717, 1.165) is 44.1 Å². The molecule has 0 heterocycles. The smallest absolute Gasteiger partial charge is 0.311 e. The third-order valence-electron chi connectivity index (χ3n) is 8.27. The van der Waals surface area contributed by atoms with Gasteiger partial charge in [0.1, 0.15) is 11.5 Å². The van der Waals surface area contributed by atoms with Gasteiger partial charge in [-0.3, -0.25) is 19.2 Å². The van der Waals surface area contributed by atoms with E-state index in [1.807, 2.05) is 6.92 Å². The minimum atomic E-state index is -0.979. The Labute approximate surface area is 291 Å². The molecule has 2 N–H and O–H groups in total. The Morgan fingerprint density at radius 1 is 0.592 bits per heavy atom. The molecule has 49 heavy (non-hydrogen) atoms. The monoisotopic (exact) mass is 674 g/mol. The van der Waals surface area contributed by atoms with Crippen LogP contribution in [0.15, 0.2) is 70.9 Å². The molecule has 0 aliphatic heterocycles. The molecule has 0 aliphatic carbocycles. The number of rotatable bonds is 21. The zero-order valence-electron chi connectivity index (χ0n) is 30.2. The van der Waals surface area contributed by atoms with Crippen molar-refractivity contribution in [2.24, 2.45) is 0 Å². The number of hydrogen-bond donors (Lipinski definition) is 2. The zero-order chi connectivity index (χ0) is 36.3. The molecule has 2 aromatic rings. The largest absolute Gasteiger partial charge is 0.481 e. The molecule has 0 amide bonds. The molecule has 8 heteroatoms. The molecule has 2 rings (SSSR count). The summed E-state index contributed by atoms with van der Waals surface area (Å²) >= 11 is 0. The van der Waals surface area contributed by atoms with Gasteiger partial charge in [0.15, 0.2) is 0 Å². The van der Waals surface area contributed by atoms with Crippen molar-refractivity contribution in [3.63, 3.8) is 0 Å². The third-order valence-corrected chi connectivity index (χ3v) is 8.27. The quantitative estimate of drug-likeness (QED) is 0.0761. The predicted octanol–water partition coefficient (Wildman–Crippen LogP) is 10.2. The third kappa shape index (κ3) is 15.5. The first-order valence-corrected chi connectivity index (χ1v) is 17.3. The van der Waals surface area contributed by atoms with Crippen LogP contribution in [0.2, 0.25) is 0 Å². The van der Waals surface area contributed by atoms with E-state index in [1.165, 1.54) is 16.7 Å². The van der Waals surface area contributed by atoms with Crippen LogP contribution in [0.4, 0.5) is 0 Å². The first kappa shape index (κ1) is 40.7. The number of carboxylic acid groups (broad SMARTS) is 2. The van der Waals surface area contributed by atoms with E-state index in [0.29, 0.717) is 39.8 Å². The lowest BCUT2D eigenvalue weighted by atomic mass is 9.95. The summed E-state index contributed by atoms with van der Waals surface area (Å²) in [5.74, 6) is -2.32. The summed E-state index contributed by atoms with van der Waals surface area (Å²) in [5, 5.41) is 19.1. The zero-order valence-corrected chi connectivity index (χ0v) is 30.2. The fourth-order valence-electron chi connectivity index (χ4n) is 5.41. The molecular weight excluding hydrogens is 620 g/mol. The number of allylic oxidation sites excluding steroid dienone is 8. The summed E-state index contributed by atoms with van der Waals surface area (Å²) in [6, 6.07) is 7.18. The number of fused-ring (bicyclic) bond motifs is 1. The van der Waals surface area contributed by atoms with Crippen LogP contribution in [-0.4, -0.2) is 34.1 Å². The average molecular weight is 675 g/mol. The van der Waals surface area contributed by atoms with E-state index >= 15 is 0 Å². The Bertz CT molecular complexity index is 1580. The molecule has 8 nitrogen and oxygen atoms in total. The lowest BCUT2D eigenvalue weighted by Crippen LogP contribution is -2.14. The highest BCUT2D eigenvalue weighted by Crippen LogP contribution is 2.41. The summed E-state index contributed by atoms with van der Waals surface area (Å²) in [6.07, 6.45) is 15.4. The lowest BCUT2D eigenvalue weighted by molar-refractivity contribution is -0.139. The Morgan fingerprint density at radius 2 is 1.02 bits per heavy atom. The van der Waals surface area contributed by atoms with Gasteiger partial charge in [-0.25, -0.2) is 0 Å². The van der Waals surface area contributed by atoms with Crippen molar-refractivity contribution in [3.8, 4) is 11.5 Å². The van der Waals surface area contributed by atoms with Gasteiger partial charge in [0.2, 0.25) is 0 Å². The van der Waals surface area contributed by atoms with E-state index in [2.05, 4.69) is 58.9 Å². The number of aliphatic carboxylic acids is 2. The van der Waals surface area contributed by atoms with Gasteiger partial charge in [-0.2, -0.15) is 0 Å². The second kappa shape index (κ2) is 21.5. The van der Waals surface area contributed by atoms with Crippen molar-refractivity contribution < 1.29 is 38.9 Å². The topological polar surface area (TPSA) is 127 Å². The van der Waals surface area contributed by atoms with Crippen LogP contribution in [0.3, 0.4) is 0 Å². The highest BCUT2D eigenvalue weighted by molar-refractivity contribution is 5.98. The summed E-state index contributed by atoms with van der Waals surface area (Å²) in [5.41, 5.74) is 6.64. The molecule has 0 unspecified atom stereocenters. The van der Waals surface area contributed by atoms with E-state index in [-0.39, 0.29) is 38.5 Å². The number of carbonyl (C=O) groups is 4. The molecule has 0 spiro atoms. The maximum Gasteiger partial charge on any atom is 0.311 e. The van der Waals surface area contributed by atoms with E-state index in [4.69, 9.17) is 19.7 Å². The van der Waals surface area contributed by atoms with Gasteiger partial charge in [-0.15, -0.1) is 0 Å². The van der Waals surface area contributed by atoms with Gasteiger partial charge in [0.25, 0.3) is 0 Å². The number of carboxylic acids is 2. The summed E-state index contributed by atoms with van der Waals surface area (Å²) in [4.78, 5) is 47.6. The minimum absolute atomic E-state index is 0.0478. The Balaban J connectivity index is 2.27. The molecule has 0 aromatic heterocycles. The lowest BCUT2D eigenvalue weighted by Gasteiger charge is -2.19. The maximum absolute atomic E-state index is 12.9. The van der Waals surface area contributed by atoms with E-state index < -0.39 is 23.9 Å². The van der Waals surface area contributed by atoms with Crippen LogP contribution in [0.5, 0.6) is 11.5 Å². The number of carbonyl (C=O) groups excluding carboxylic acids is 2. The SMILES string of the molecule is CC(C)=CCC/C(C)=C/CC/C(C)=C/CC/C(C)=C/Cc1c(C)c(OC(=O)CCCC(=O)O)c2ccccc2c1OC(=O)CCCC(=O)O. The van der Waals surface area contributed by atoms with Crippen LogP contribution in [0.1, 0.15) is 123 Å². The van der Waals surface area contributed by atoms with Crippen LogP contribution in [0, 0.1) is 6.92 Å². The molecule has 266 valence electrons. The number of esters is 2. The molecule has 0 saturated carbocycles. The fraction of sp³-hybridized carbons (Fsp3) is 0.463. The first-order valence-electron chi connectivity index (χ1n) is 17.3. The molecule has 0 radical (unpaired) electrons. The van der Waals surface area contributed by atoms with Gasteiger partial charge in [-0.1, -0.05) is 70.9 Å². The van der Waals surface area contributed by atoms with Gasteiger partial charge < -0.3 is 19.7 Å². The predicted molar refractivity (Wildman–Crippen MR) is 195 cm³/mol. The number of ether oxygens (including phenoxy) is 2. The first-order chi connectivity index (χ1) is 23.3. The van der Waals surface area contributed by atoms with Gasteiger partial charge in [0.05, 0.1) is 0 Å². The number of benzene rings is 2. The molecule has 0 aliphatic rings. The molecule has 0 bridgehead atoms. The Morgan fingerprint density at radius 3 is 1.49 bits per heavy atom. The van der Waals surface area contributed by atoms with Gasteiger partial charge in [0, 0.05) is 42.0 Å². The Kier molecular flexibility index (Phi) is 17.9. The fourth-order valence-corrected chi connectivity index (χ4v) is 5.41. The van der Waals surface area contributed by atoms with Crippen LogP contribution >= 0.6 is 0 Å². The molecule has 2 aromatic carbocycles. The summed E-state index contributed by atoms with van der Waals surface area (Å²) < 4.78 is 11.8. The van der Waals surface area contributed by atoms with Crippen molar-refractivity contribution >= 4 is 34.6 Å². The van der Waals surface area contributed by atoms with E-state index in [1.54, 1.807) is 24.3 Å². The second-order valence-corrected chi connectivity index (χ2v) is 13.0. The number of hydrogen-bond acceptors (Lipinski definition) is 6. The van der Waals surface area contributed by atoms with Gasteiger partial charge in [-0.05, 0) is 105 Å². The molecular formula is C41H54O8. The standard InChI is InChI=1S/C41H54O8/c1-28(2)14-9-15-29(3)16-10-17-30(4)18-11-19-31(5)26-27-33-32(6)40(48-38(46)24-12-22-36(42)43)34-20-7-8-21-35(34)41(33)49-39(47)25-13-23-37(44)45/h7-8,14,16,18,20-21,26H,9-13,15,17,19,22-25,27H2,1-6H3,(H,42,43)(H,44,45)/b29-16+,30-18+,31-26+. The normalized spacial score (nSPS) is 12.2. The van der Waals surface area contributed by atoms with Crippen molar-refractivity contribution in [3.05, 3.63) is 82.0 Å². The maximum atomic E-state index is 12.9. The van der Waals surface area contributed by atoms with Crippen molar-refractivity contribution in [2.45, 2.75) is 125 Å². The Hall–Kier alpha value is -4.46. The molecule has 0 fully saturated rings.